The number of carbonyl (C=O) groups is 3. The predicted octanol–water partition coefficient (Wildman–Crippen LogP) is 9.74. The number of carbonyl (C=O) groups excluding carboxylic acids is 3. The largest absolute Gasteiger partial charge is 1.00 e. The third kappa shape index (κ3) is 30.3. The van der Waals surface area contributed by atoms with Crippen LogP contribution in [-0.2, 0) is 30.5 Å². The molecule has 9 heterocycles. The smallest absolute Gasteiger partial charge is 0.850 e. The number of esters is 1. The summed E-state index contributed by atoms with van der Waals surface area (Å²) in [5, 5.41) is 36.6. The Kier molecular flexibility index (Phi) is 39.3. The number of alkyl halides is 3. The van der Waals surface area contributed by atoms with E-state index >= 15 is 0 Å². The number of hydrogen-bond donors (Lipinski definition) is 4. The first kappa shape index (κ1) is 101. The molecule has 2 amide bonds. The molecule has 12 aromatic rings. The van der Waals surface area contributed by atoms with Crippen LogP contribution in [0.25, 0.3) is 16.9 Å². The van der Waals surface area contributed by atoms with Gasteiger partial charge >= 0.3 is 63.5 Å². The van der Waals surface area contributed by atoms with Gasteiger partial charge in [0.05, 0.1) is 36.8 Å². The van der Waals surface area contributed by atoms with Crippen molar-refractivity contribution in [3.8, 4) is 35.5 Å². The van der Waals surface area contributed by atoms with Gasteiger partial charge in [-0.25, -0.2) is 33.3 Å². The van der Waals surface area contributed by atoms with Crippen molar-refractivity contribution >= 4 is 76.6 Å². The van der Waals surface area contributed by atoms with E-state index in [0.29, 0.717) is 45.9 Å². The maximum absolute atomic E-state index is 13.0. The zero-order valence-electron chi connectivity index (χ0n) is 72.9. The molecule has 3 aliphatic heterocycles. The number of imidazole rings is 3. The molecule has 0 radical (unpaired) electrons. The van der Waals surface area contributed by atoms with Crippen molar-refractivity contribution in [1.29, 1.82) is 0 Å². The van der Waals surface area contributed by atoms with Gasteiger partial charge in [-0.05, 0) is 234 Å². The second-order valence-electron chi connectivity index (χ2n) is 30.9. The molecule has 5 N–H and O–H groups in total. The zero-order chi connectivity index (χ0) is 86.9. The summed E-state index contributed by atoms with van der Waals surface area (Å²) in [5.41, 5.74) is 22.4. The summed E-state index contributed by atoms with van der Waals surface area (Å²) in [7, 11) is 7.71. The molecule has 646 valence electrons. The number of aromatic nitrogens is 9. The van der Waals surface area contributed by atoms with Crippen LogP contribution in [0.3, 0.4) is 0 Å². The number of nitrogens with two attached hydrogens (primary N) is 1. The van der Waals surface area contributed by atoms with Gasteiger partial charge in [-0.1, -0.05) is 74.9 Å². The number of nitrogens with one attached hydrogen (secondary N) is 2. The Morgan fingerprint density at radius 3 is 1.10 bits per heavy atom. The van der Waals surface area contributed by atoms with Gasteiger partial charge in [0.2, 0.25) is 0 Å². The summed E-state index contributed by atoms with van der Waals surface area (Å²) in [5.74, 6) is 18.1. The van der Waals surface area contributed by atoms with E-state index in [2.05, 4.69) is 153 Å². The number of nitrogen functional groups attached to an aromatic ring is 1. The molecule has 3 fully saturated rings. The van der Waals surface area contributed by atoms with Crippen LogP contribution in [-0.4, -0.2) is 215 Å². The maximum Gasteiger partial charge on any atom is 1.00 e. The number of methoxy groups -OCH3 is 1. The van der Waals surface area contributed by atoms with Crippen LogP contribution < -0.4 is 72.9 Å². The normalized spacial score (nSPS) is 13.7. The van der Waals surface area contributed by atoms with Gasteiger partial charge in [-0.3, -0.25) is 24.3 Å². The van der Waals surface area contributed by atoms with Gasteiger partial charge in [-0.2, -0.15) is 28.5 Å². The van der Waals surface area contributed by atoms with Gasteiger partial charge in [0.15, 0.2) is 16.9 Å². The van der Waals surface area contributed by atoms with E-state index in [1.807, 2.05) is 124 Å². The Balaban J connectivity index is 0.000000225. The number of halogens is 5. The van der Waals surface area contributed by atoms with E-state index in [4.69, 9.17) is 15.6 Å². The topological polar surface area (TPSA) is 264 Å². The SMILES string of the molecule is CC(C)(C)[O-].CCO.CN1CCN(Cc2ccc(N)cc2C(F)(F)F)CC1.COC(=O)c1ccc(C)c(C#Cc2cnc3cccnn23)c1.Cc1ccc(C(=O)Nc2ccc(CN3CCN(C)CC3)c(C)c2)cc1C#Cc1cnc2cccnn12.Cc1ccc(C(=O)Nc2ccc(CN3CCN(C)CC3)c(C)c2)cc1C#Cc1cnc2cccnn12.Cl.Cl.[K+]. The first-order valence-electron chi connectivity index (χ1n) is 40.0. The summed E-state index contributed by atoms with van der Waals surface area (Å²) < 4.78 is 48.7. The number of nitrogens with zero attached hydrogens (tertiary/aromatic N) is 15. The number of aliphatic hydroxyl groups excluding tert-OH is 1. The molecule has 3 aliphatic rings. The van der Waals surface area contributed by atoms with E-state index < -0.39 is 17.3 Å². The number of rotatable bonds is 11. The number of amides is 2. The maximum atomic E-state index is 13.0. The molecule has 0 unspecified atom stereocenters. The average molecular weight is 1750 g/mol. The molecule has 0 spiro atoms. The third-order valence-corrected chi connectivity index (χ3v) is 20.1. The van der Waals surface area contributed by atoms with Gasteiger partial charge in [0.25, 0.3) is 11.8 Å². The number of anilines is 3. The Labute approximate surface area is 779 Å². The van der Waals surface area contributed by atoms with Crippen molar-refractivity contribution in [3.63, 3.8) is 0 Å². The number of ether oxygens (including phenoxy) is 1. The minimum Gasteiger partial charge on any atom is -0.850 e. The molecular weight excluding hydrogens is 1640 g/mol. The van der Waals surface area contributed by atoms with E-state index in [1.54, 1.807) is 90.6 Å². The molecule has 0 bridgehead atoms. The molecule has 30 heteroatoms. The number of fused-ring (bicyclic) bond motifs is 3. The summed E-state index contributed by atoms with van der Waals surface area (Å²) in [6.45, 7) is 31.3. The van der Waals surface area contributed by atoms with Gasteiger partial charge in [-0.15, -0.1) is 30.4 Å². The number of aryl methyl sites for hydroxylation is 5. The summed E-state index contributed by atoms with van der Waals surface area (Å²) >= 11 is 0. The van der Waals surface area contributed by atoms with Crippen molar-refractivity contribution in [3.05, 3.63) is 283 Å². The third-order valence-electron chi connectivity index (χ3n) is 20.1. The molecule has 24 nitrogen and oxygen atoms in total. The number of hydrogen-bond acceptors (Lipinski definition) is 19. The van der Waals surface area contributed by atoms with Crippen LogP contribution in [0.4, 0.5) is 30.2 Å². The zero-order valence-corrected chi connectivity index (χ0v) is 77.6. The number of aliphatic hydroxyl groups is 1. The molecule has 0 saturated carbocycles. The second kappa shape index (κ2) is 48.3. The van der Waals surface area contributed by atoms with Crippen LogP contribution in [0.2, 0.25) is 0 Å². The van der Waals surface area contributed by atoms with Gasteiger partial charge in [0, 0.05) is 168 Å². The Morgan fingerprint density at radius 2 is 0.782 bits per heavy atom. The fourth-order valence-electron chi connectivity index (χ4n) is 13.0. The predicted molar refractivity (Wildman–Crippen MR) is 481 cm³/mol. The van der Waals surface area contributed by atoms with Gasteiger partial charge < -0.3 is 46.0 Å². The van der Waals surface area contributed by atoms with Crippen molar-refractivity contribution in [2.75, 3.05) is 130 Å². The van der Waals surface area contributed by atoms with Crippen molar-refractivity contribution in [1.82, 2.24) is 73.2 Å². The number of benzene rings is 6. The molecule has 6 aromatic heterocycles. The fraction of sp³-hybridized carbons (Fsp3) is 0.330. The molecule has 0 aliphatic carbocycles. The van der Waals surface area contributed by atoms with Crippen LogP contribution in [0.15, 0.2) is 183 Å². The van der Waals surface area contributed by atoms with Crippen LogP contribution in [0, 0.1) is 70.1 Å². The first-order valence-corrected chi connectivity index (χ1v) is 40.0. The first-order chi connectivity index (χ1) is 57.9. The molecule has 15 rings (SSSR count). The van der Waals surface area contributed by atoms with Crippen molar-refractivity contribution in [2.45, 2.75) is 93.7 Å². The molecular formula is C94H108Cl2F3KN18O6. The van der Waals surface area contributed by atoms with Crippen molar-refractivity contribution in [2.24, 2.45) is 0 Å². The average Bonchev–Trinajstić information content (AvgIpc) is 1.47. The van der Waals surface area contributed by atoms with Crippen LogP contribution >= 0.6 is 24.8 Å². The monoisotopic (exact) mass is 1750 g/mol. The minimum atomic E-state index is -4.35. The number of likely N-dealkylation sites (N-methyl/N-ethyl adjacent to an activating group) is 3. The number of piperazine rings is 3. The summed E-state index contributed by atoms with van der Waals surface area (Å²) in [6, 6.07) is 44.0. The van der Waals surface area contributed by atoms with Crippen LogP contribution in [0.5, 0.6) is 0 Å². The second-order valence-corrected chi connectivity index (χ2v) is 30.9. The van der Waals surface area contributed by atoms with E-state index in [1.165, 1.54) is 41.5 Å². The van der Waals surface area contributed by atoms with Crippen molar-refractivity contribution < 1.29 is 93.9 Å². The quantitative estimate of drug-likeness (QED) is 0.0406. The standard InChI is InChI=1S/2C29H30N6O.C17H13N3O2.C13H18F3N3.C4H9O.C2H6O.2ClH.K/c2*1-21-6-7-24(18-23(21)9-11-27-19-30-28-5-4-12-31-35(27)28)29(36)32-26-10-8-25(22(2)17-26)20-34-15-13-33(3)14-16-34;1-12-5-6-14(17(21)22-2)10-13(12)7-8-15-11-18-16-4-3-9-19-20(15)16;1-18-4-6-19(7-5-18)9-10-2-3-11(17)8-12(10)13(14,15)16;1-4(2,3)5;1-2-3;;;/h2*4-8,10,12,17-19H,13-16,20H2,1-3H3,(H,32,36);3-6,9-11H,1-2H3;2-3,8H,4-7,9,17H2,1H3;1-3H3;3H,2H2,1H3;2*1H;/q;;;;-1;;;;+1. The molecule has 124 heavy (non-hydrogen) atoms. The summed E-state index contributed by atoms with van der Waals surface area (Å²) in [6.07, 6.45) is 5.83. The summed E-state index contributed by atoms with van der Waals surface area (Å²) in [4.78, 5) is 64.4. The van der Waals surface area contributed by atoms with Crippen LogP contribution in [0.1, 0.15) is 143 Å². The Hall–Kier alpha value is -10.2. The minimum absolute atomic E-state index is 0. The van der Waals surface area contributed by atoms with E-state index in [-0.39, 0.29) is 106 Å². The van der Waals surface area contributed by atoms with Gasteiger partial charge in [0.1, 0.15) is 17.1 Å². The molecule has 3 saturated heterocycles. The Morgan fingerprint density at radius 1 is 0.468 bits per heavy atom. The van der Waals surface area contributed by atoms with E-state index in [9.17, 15) is 32.7 Å². The molecule has 6 aromatic carbocycles. The molecule has 0 atom stereocenters. The fourth-order valence-corrected chi connectivity index (χ4v) is 13.0. The van der Waals surface area contributed by atoms with E-state index in [0.717, 1.165) is 159 Å². The Bertz CT molecular complexity index is 5550.